The molecule has 0 bridgehead atoms. The van der Waals surface area contributed by atoms with E-state index >= 15 is 0 Å². The van der Waals surface area contributed by atoms with Crippen molar-refractivity contribution in [3.05, 3.63) is 46.2 Å². The lowest BCUT2D eigenvalue weighted by molar-refractivity contribution is -0.115. The highest BCUT2D eigenvalue weighted by Crippen LogP contribution is 2.28. The van der Waals surface area contributed by atoms with Gasteiger partial charge in [0.05, 0.1) is 24.8 Å². The number of carbonyl (C=O) groups is 2. The van der Waals surface area contributed by atoms with Crippen LogP contribution in [0.4, 0.5) is 14.5 Å². The molecule has 1 heterocycles. The van der Waals surface area contributed by atoms with E-state index in [4.69, 9.17) is 0 Å². The van der Waals surface area contributed by atoms with Crippen molar-refractivity contribution in [2.24, 2.45) is 0 Å². The molecule has 0 aliphatic rings. The molecule has 0 spiro atoms. The van der Waals surface area contributed by atoms with Crippen LogP contribution in [0.25, 0.3) is 0 Å². The van der Waals surface area contributed by atoms with Crippen molar-refractivity contribution in [3.8, 4) is 5.75 Å². The Kier molecular flexibility index (Phi) is 5.64. The number of anilines is 1. The quantitative estimate of drug-likeness (QED) is 0.819. The predicted molar refractivity (Wildman–Crippen MR) is 81.1 cm³/mol. The van der Waals surface area contributed by atoms with Crippen LogP contribution >= 0.6 is 11.3 Å². The first-order chi connectivity index (χ1) is 11.0. The molecule has 0 unspecified atom stereocenters. The summed E-state index contributed by atoms with van der Waals surface area (Å²) in [6.07, 6.45) is 0.108. The molecule has 0 saturated heterocycles. The number of benzene rings is 1. The Bertz CT molecular complexity index is 689. The molecule has 0 atom stereocenters. The maximum absolute atomic E-state index is 12.5. The molecule has 1 aromatic carbocycles. The summed E-state index contributed by atoms with van der Waals surface area (Å²) in [7, 11) is 1.17. The zero-order valence-corrected chi connectivity index (χ0v) is 12.9. The smallest absolute Gasteiger partial charge is 0.387 e. The number of carbonyl (C=O) groups excluding carboxylic acids is 2. The Labute approximate surface area is 134 Å². The van der Waals surface area contributed by atoms with Gasteiger partial charge in [-0.05, 0) is 40.6 Å². The highest BCUT2D eigenvalue weighted by Gasteiger charge is 2.16. The molecule has 0 saturated carbocycles. The average molecular weight is 341 g/mol. The standard InChI is InChI=1S/C15H13F2NO4S/c1-21-14(20)10-2-3-11(12(7-10)22-15(16)17)18-13(19)6-9-4-5-23-8-9/h2-5,7-8,15H,6H2,1H3,(H,18,19). The van der Waals surface area contributed by atoms with Gasteiger partial charge in [-0.2, -0.15) is 20.1 Å². The maximum atomic E-state index is 12.5. The van der Waals surface area contributed by atoms with E-state index in [2.05, 4.69) is 14.8 Å². The third-order valence-corrected chi connectivity index (χ3v) is 3.57. The summed E-state index contributed by atoms with van der Waals surface area (Å²) >= 11 is 1.45. The van der Waals surface area contributed by atoms with Crippen LogP contribution in [0.2, 0.25) is 0 Å². The van der Waals surface area contributed by atoms with Gasteiger partial charge in [0.2, 0.25) is 5.91 Å². The number of alkyl halides is 2. The molecule has 0 aliphatic carbocycles. The first-order valence-electron chi connectivity index (χ1n) is 6.47. The summed E-state index contributed by atoms with van der Waals surface area (Å²) in [5.74, 6) is -1.38. The minimum absolute atomic E-state index is 0.0407. The lowest BCUT2D eigenvalue weighted by Gasteiger charge is -2.13. The van der Waals surface area contributed by atoms with Gasteiger partial charge in [-0.3, -0.25) is 4.79 Å². The van der Waals surface area contributed by atoms with Gasteiger partial charge in [-0.1, -0.05) is 0 Å². The van der Waals surface area contributed by atoms with Gasteiger partial charge in [0.1, 0.15) is 5.75 Å². The molecule has 1 N–H and O–H groups in total. The van der Waals surface area contributed by atoms with E-state index in [1.54, 1.807) is 6.07 Å². The largest absolute Gasteiger partial charge is 0.465 e. The number of thiophene rings is 1. The predicted octanol–water partition coefficient (Wildman–Crippen LogP) is 3.32. The second-order valence-electron chi connectivity index (χ2n) is 4.44. The number of rotatable bonds is 6. The fourth-order valence-corrected chi connectivity index (χ4v) is 2.51. The van der Waals surface area contributed by atoms with E-state index in [9.17, 15) is 18.4 Å². The topological polar surface area (TPSA) is 64.6 Å². The number of hydrogen-bond donors (Lipinski definition) is 1. The summed E-state index contributed by atoms with van der Waals surface area (Å²) in [5, 5.41) is 6.14. The molecule has 122 valence electrons. The minimum Gasteiger partial charge on any atom is -0.465 e. The van der Waals surface area contributed by atoms with Crippen LogP contribution in [0.5, 0.6) is 5.75 Å². The van der Waals surface area contributed by atoms with Gasteiger partial charge in [-0.15, -0.1) is 0 Å². The Balaban J connectivity index is 2.18. The summed E-state index contributed by atoms with van der Waals surface area (Å²) in [4.78, 5) is 23.4. The zero-order chi connectivity index (χ0) is 16.8. The van der Waals surface area contributed by atoms with Crippen molar-refractivity contribution in [1.29, 1.82) is 0 Å². The first kappa shape index (κ1) is 16.9. The van der Waals surface area contributed by atoms with Crippen molar-refractivity contribution in [1.82, 2.24) is 0 Å². The molecule has 2 rings (SSSR count). The number of nitrogens with one attached hydrogen (secondary N) is 1. The van der Waals surface area contributed by atoms with Crippen LogP contribution < -0.4 is 10.1 Å². The van der Waals surface area contributed by atoms with Crippen molar-refractivity contribution >= 4 is 28.9 Å². The van der Waals surface area contributed by atoms with Crippen LogP contribution in [0.3, 0.4) is 0 Å². The van der Waals surface area contributed by atoms with E-state index in [0.717, 1.165) is 11.6 Å². The van der Waals surface area contributed by atoms with Crippen LogP contribution in [0.1, 0.15) is 15.9 Å². The van der Waals surface area contributed by atoms with Crippen LogP contribution in [0, 0.1) is 0 Å². The summed E-state index contributed by atoms with van der Waals surface area (Å²) < 4.78 is 33.9. The number of esters is 1. The van der Waals surface area contributed by atoms with Gasteiger partial charge in [0.15, 0.2) is 0 Å². The van der Waals surface area contributed by atoms with Crippen molar-refractivity contribution in [2.45, 2.75) is 13.0 Å². The van der Waals surface area contributed by atoms with Gasteiger partial charge in [0.25, 0.3) is 0 Å². The van der Waals surface area contributed by atoms with E-state index < -0.39 is 12.6 Å². The third kappa shape index (κ3) is 4.75. The van der Waals surface area contributed by atoms with Crippen molar-refractivity contribution in [2.75, 3.05) is 12.4 Å². The highest BCUT2D eigenvalue weighted by molar-refractivity contribution is 7.08. The molecule has 1 aromatic heterocycles. The summed E-state index contributed by atoms with van der Waals surface area (Å²) in [6, 6.07) is 5.55. The molecule has 0 radical (unpaired) electrons. The van der Waals surface area contributed by atoms with Gasteiger partial charge >= 0.3 is 12.6 Å². The van der Waals surface area contributed by atoms with Crippen LogP contribution in [-0.2, 0) is 16.0 Å². The van der Waals surface area contributed by atoms with E-state index in [0.29, 0.717) is 0 Å². The van der Waals surface area contributed by atoms with Gasteiger partial charge < -0.3 is 14.8 Å². The van der Waals surface area contributed by atoms with E-state index in [1.165, 1.54) is 30.6 Å². The molecular weight excluding hydrogens is 328 g/mol. The lowest BCUT2D eigenvalue weighted by atomic mass is 10.1. The summed E-state index contributed by atoms with van der Waals surface area (Å²) in [5.41, 5.74) is 0.909. The molecule has 0 aliphatic heterocycles. The van der Waals surface area contributed by atoms with E-state index in [1.807, 2.05) is 10.8 Å². The molecule has 23 heavy (non-hydrogen) atoms. The molecule has 5 nitrogen and oxygen atoms in total. The van der Waals surface area contributed by atoms with Crippen molar-refractivity contribution < 1.29 is 27.8 Å². The maximum Gasteiger partial charge on any atom is 0.387 e. The lowest BCUT2D eigenvalue weighted by Crippen LogP contribution is -2.16. The Morgan fingerprint density at radius 1 is 1.30 bits per heavy atom. The number of amides is 1. The Morgan fingerprint density at radius 2 is 2.09 bits per heavy atom. The fourth-order valence-electron chi connectivity index (χ4n) is 1.84. The monoisotopic (exact) mass is 341 g/mol. The second kappa shape index (κ2) is 7.68. The number of hydrogen-bond acceptors (Lipinski definition) is 5. The fraction of sp³-hybridized carbons (Fsp3) is 0.200. The SMILES string of the molecule is COC(=O)c1ccc(NC(=O)Cc2ccsc2)c(OC(F)F)c1. The van der Waals surface area contributed by atoms with Crippen LogP contribution in [-0.4, -0.2) is 25.6 Å². The van der Waals surface area contributed by atoms with Gasteiger partial charge in [-0.25, -0.2) is 4.79 Å². The third-order valence-electron chi connectivity index (χ3n) is 2.84. The average Bonchev–Trinajstić information content (AvgIpc) is 3.00. The second-order valence-corrected chi connectivity index (χ2v) is 5.22. The minimum atomic E-state index is -3.09. The Morgan fingerprint density at radius 3 is 2.70 bits per heavy atom. The van der Waals surface area contributed by atoms with Crippen molar-refractivity contribution in [3.63, 3.8) is 0 Å². The van der Waals surface area contributed by atoms with Gasteiger partial charge in [0, 0.05) is 0 Å². The summed E-state index contributed by atoms with van der Waals surface area (Å²) in [6.45, 7) is -3.09. The molecule has 2 aromatic rings. The first-order valence-corrected chi connectivity index (χ1v) is 7.42. The molecule has 1 amide bonds. The van der Waals surface area contributed by atoms with Crippen LogP contribution in [0.15, 0.2) is 35.0 Å². The zero-order valence-electron chi connectivity index (χ0n) is 12.0. The highest BCUT2D eigenvalue weighted by atomic mass is 32.1. The number of methoxy groups -OCH3 is 1. The van der Waals surface area contributed by atoms with E-state index in [-0.39, 0.29) is 29.3 Å². The normalized spacial score (nSPS) is 10.4. The number of halogens is 2. The Hall–Kier alpha value is -2.48. The number of ether oxygens (including phenoxy) is 2. The molecular formula is C15H13F2NO4S. The molecule has 8 heteroatoms. The molecule has 0 fully saturated rings.